The van der Waals surface area contributed by atoms with E-state index in [0.717, 1.165) is 5.56 Å². The Bertz CT molecular complexity index is 827. The zero-order valence-electron chi connectivity index (χ0n) is 19.4. The summed E-state index contributed by atoms with van der Waals surface area (Å²) in [7, 11) is 0. The first-order chi connectivity index (χ1) is 15.0. The molecular formula is C23H33N3O5S. The number of likely N-dealkylation sites (tertiary alicyclic amines) is 1. The largest absolute Gasteiger partial charge is 0.458 e. The first kappa shape index (κ1) is 25.9. The highest BCUT2D eigenvalue weighted by Crippen LogP contribution is 2.16. The quantitative estimate of drug-likeness (QED) is 0.366. The second-order valence-electron chi connectivity index (χ2n) is 8.73. The first-order valence-corrected chi connectivity index (χ1v) is 11.9. The van der Waals surface area contributed by atoms with Crippen molar-refractivity contribution in [2.45, 2.75) is 58.3 Å². The standard InChI is InChI=1S/C23H33N3O5S/c1-15(25-21(28)17-8-6-16(7-9-17)20(24)32-5)22(29)26-12-10-18(11-13-26)30-14-19(27)31-23(2,3)4/h6-9,15,18,24H,10-14H2,1-5H3,(H,25,28)/t15-/m0/s1. The van der Waals surface area contributed by atoms with Crippen molar-refractivity contribution < 1.29 is 23.9 Å². The predicted molar refractivity (Wildman–Crippen MR) is 125 cm³/mol. The van der Waals surface area contributed by atoms with Gasteiger partial charge in [-0.3, -0.25) is 15.0 Å². The van der Waals surface area contributed by atoms with E-state index < -0.39 is 17.6 Å². The van der Waals surface area contributed by atoms with Gasteiger partial charge in [0.25, 0.3) is 5.91 Å². The number of hydrogen-bond acceptors (Lipinski definition) is 7. The summed E-state index contributed by atoms with van der Waals surface area (Å²) < 4.78 is 10.9. The summed E-state index contributed by atoms with van der Waals surface area (Å²) in [6, 6.07) is 6.09. The van der Waals surface area contributed by atoms with Crippen LogP contribution in [0.1, 0.15) is 56.5 Å². The van der Waals surface area contributed by atoms with Gasteiger partial charge in [-0.25, -0.2) is 4.79 Å². The Balaban J connectivity index is 1.78. The van der Waals surface area contributed by atoms with Crippen LogP contribution >= 0.6 is 11.8 Å². The number of benzene rings is 1. The van der Waals surface area contributed by atoms with Crippen LogP contribution in [-0.2, 0) is 19.1 Å². The van der Waals surface area contributed by atoms with Gasteiger partial charge < -0.3 is 19.7 Å². The molecule has 176 valence electrons. The number of nitrogens with zero attached hydrogens (tertiary/aromatic N) is 1. The summed E-state index contributed by atoms with van der Waals surface area (Å²) in [5.74, 6) is -0.876. The number of rotatable bonds is 7. The molecule has 0 saturated carbocycles. The van der Waals surface area contributed by atoms with Crippen molar-refractivity contribution in [3.05, 3.63) is 35.4 Å². The maximum atomic E-state index is 12.7. The lowest BCUT2D eigenvalue weighted by Gasteiger charge is -2.33. The Morgan fingerprint density at radius 2 is 1.72 bits per heavy atom. The molecular weight excluding hydrogens is 430 g/mol. The highest BCUT2D eigenvalue weighted by atomic mass is 32.2. The molecule has 0 bridgehead atoms. The van der Waals surface area contributed by atoms with Gasteiger partial charge in [-0.05, 0) is 58.9 Å². The van der Waals surface area contributed by atoms with Crippen LogP contribution in [0, 0.1) is 5.41 Å². The monoisotopic (exact) mass is 463 g/mol. The SMILES string of the molecule is CSC(=N)c1ccc(C(=O)N[C@@H](C)C(=O)N2CCC(OCC(=O)OC(C)(C)C)CC2)cc1. The molecule has 2 amide bonds. The summed E-state index contributed by atoms with van der Waals surface area (Å²) in [4.78, 5) is 38.7. The average molecular weight is 464 g/mol. The smallest absolute Gasteiger partial charge is 0.332 e. The number of esters is 1. The van der Waals surface area contributed by atoms with Crippen LogP contribution in [0.5, 0.6) is 0 Å². The molecule has 0 radical (unpaired) electrons. The van der Waals surface area contributed by atoms with Crippen molar-refractivity contribution in [3.8, 4) is 0 Å². The van der Waals surface area contributed by atoms with Gasteiger partial charge in [0, 0.05) is 24.2 Å². The molecule has 1 aliphatic heterocycles. The molecule has 2 rings (SSSR count). The van der Waals surface area contributed by atoms with Gasteiger partial charge in [0.15, 0.2) is 0 Å². The zero-order valence-corrected chi connectivity index (χ0v) is 20.2. The van der Waals surface area contributed by atoms with Crippen molar-refractivity contribution in [3.63, 3.8) is 0 Å². The van der Waals surface area contributed by atoms with Crippen LogP contribution in [0.4, 0.5) is 0 Å². The highest BCUT2D eigenvalue weighted by Gasteiger charge is 2.28. The average Bonchev–Trinajstić information content (AvgIpc) is 2.75. The fraction of sp³-hybridized carbons (Fsp3) is 0.565. The van der Waals surface area contributed by atoms with Crippen molar-refractivity contribution >= 4 is 34.6 Å². The second kappa shape index (κ2) is 11.5. The van der Waals surface area contributed by atoms with E-state index in [-0.39, 0.29) is 24.5 Å². The Morgan fingerprint density at radius 3 is 2.25 bits per heavy atom. The van der Waals surface area contributed by atoms with Crippen molar-refractivity contribution in [2.75, 3.05) is 26.0 Å². The first-order valence-electron chi connectivity index (χ1n) is 10.7. The fourth-order valence-electron chi connectivity index (χ4n) is 3.31. The number of carbonyl (C=O) groups excluding carboxylic acids is 3. The van der Waals surface area contributed by atoms with E-state index in [0.29, 0.717) is 36.5 Å². The Hall–Kier alpha value is -2.39. The number of ether oxygens (including phenoxy) is 2. The molecule has 0 aliphatic carbocycles. The molecule has 1 aromatic rings. The minimum Gasteiger partial charge on any atom is -0.458 e. The van der Waals surface area contributed by atoms with E-state index in [2.05, 4.69) is 5.32 Å². The lowest BCUT2D eigenvalue weighted by Crippen LogP contribution is -2.50. The minimum absolute atomic E-state index is 0.0997. The summed E-state index contributed by atoms with van der Waals surface area (Å²) in [6.07, 6.45) is 2.97. The topological polar surface area (TPSA) is 109 Å². The third kappa shape index (κ3) is 7.94. The number of carbonyl (C=O) groups is 3. The van der Waals surface area contributed by atoms with E-state index in [1.165, 1.54) is 11.8 Å². The Kier molecular flexibility index (Phi) is 9.27. The third-order valence-corrected chi connectivity index (χ3v) is 5.59. The molecule has 1 atom stereocenters. The minimum atomic E-state index is -0.661. The number of amides is 2. The molecule has 1 saturated heterocycles. The van der Waals surface area contributed by atoms with Gasteiger partial charge in [0.05, 0.1) is 11.1 Å². The van der Waals surface area contributed by atoms with Crippen LogP contribution in [0.15, 0.2) is 24.3 Å². The van der Waals surface area contributed by atoms with Gasteiger partial charge in [0.2, 0.25) is 5.91 Å². The third-order valence-electron chi connectivity index (χ3n) is 4.94. The maximum Gasteiger partial charge on any atom is 0.332 e. The molecule has 1 aliphatic rings. The summed E-state index contributed by atoms with van der Waals surface area (Å²) >= 11 is 1.33. The molecule has 32 heavy (non-hydrogen) atoms. The maximum absolute atomic E-state index is 12.7. The van der Waals surface area contributed by atoms with Crippen LogP contribution in [0.2, 0.25) is 0 Å². The molecule has 1 heterocycles. The molecule has 1 fully saturated rings. The van der Waals surface area contributed by atoms with Crippen LogP contribution in [0.25, 0.3) is 0 Å². The molecule has 0 unspecified atom stereocenters. The predicted octanol–water partition coefficient (Wildman–Crippen LogP) is 2.84. The molecule has 8 nitrogen and oxygen atoms in total. The Labute approximate surface area is 193 Å². The van der Waals surface area contributed by atoms with E-state index in [4.69, 9.17) is 14.9 Å². The van der Waals surface area contributed by atoms with E-state index in [1.54, 1.807) is 36.1 Å². The van der Waals surface area contributed by atoms with E-state index >= 15 is 0 Å². The van der Waals surface area contributed by atoms with Gasteiger partial charge in [-0.1, -0.05) is 12.1 Å². The van der Waals surface area contributed by atoms with E-state index in [1.807, 2.05) is 27.0 Å². The second-order valence-corrected chi connectivity index (χ2v) is 9.54. The summed E-state index contributed by atoms with van der Waals surface area (Å²) in [5.41, 5.74) is 0.641. The summed E-state index contributed by atoms with van der Waals surface area (Å²) in [5, 5.41) is 11.0. The lowest BCUT2D eigenvalue weighted by atomic mass is 10.1. The molecule has 9 heteroatoms. The number of piperidine rings is 1. The normalized spacial score (nSPS) is 15.7. The molecule has 0 spiro atoms. The van der Waals surface area contributed by atoms with Gasteiger partial charge in [-0.2, -0.15) is 0 Å². The van der Waals surface area contributed by atoms with Gasteiger partial charge in [-0.15, -0.1) is 11.8 Å². The van der Waals surface area contributed by atoms with Crippen molar-refractivity contribution in [2.24, 2.45) is 0 Å². The van der Waals surface area contributed by atoms with Crippen molar-refractivity contribution in [1.29, 1.82) is 5.41 Å². The zero-order chi connectivity index (χ0) is 23.9. The number of nitrogens with one attached hydrogen (secondary N) is 2. The molecule has 0 aromatic heterocycles. The number of thioether (sulfide) groups is 1. The lowest BCUT2D eigenvalue weighted by molar-refractivity contribution is -0.163. The van der Waals surface area contributed by atoms with Crippen molar-refractivity contribution in [1.82, 2.24) is 10.2 Å². The van der Waals surface area contributed by atoms with Crippen LogP contribution in [0.3, 0.4) is 0 Å². The van der Waals surface area contributed by atoms with Gasteiger partial charge in [0.1, 0.15) is 18.2 Å². The fourth-order valence-corrected chi connectivity index (χ4v) is 3.68. The number of hydrogen-bond donors (Lipinski definition) is 2. The van der Waals surface area contributed by atoms with Crippen LogP contribution < -0.4 is 5.32 Å². The van der Waals surface area contributed by atoms with Gasteiger partial charge >= 0.3 is 5.97 Å². The Morgan fingerprint density at radius 1 is 1.16 bits per heavy atom. The van der Waals surface area contributed by atoms with E-state index in [9.17, 15) is 14.4 Å². The highest BCUT2D eigenvalue weighted by molar-refractivity contribution is 8.13. The molecule has 2 N–H and O–H groups in total. The van der Waals surface area contributed by atoms with Crippen LogP contribution in [-0.4, -0.2) is 71.4 Å². The summed E-state index contributed by atoms with van der Waals surface area (Å²) in [6.45, 7) is 8.00. The molecule has 1 aromatic carbocycles.